The number of carbonyl (C=O) groups is 2. The summed E-state index contributed by atoms with van der Waals surface area (Å²) >= 11 is 0. The van der Waals surface area contributed by atoms with Gasteiger partial charge in [0.05, 0.1) is 13.7 Å². The maximum atomic E-state index is 12.4. The van der Waals surface area contributed by atoms with E-state index in [0.717, 1.165) is 25.7 Å². The average Bonchev–Trinajstić information content (AvgIpc) is 3.07. The summed E-state index contributed by atoms with van der Waals surface area (Å²) in [6.45, 7) is -3.18. The number of methoxy groups -OCH3 is 1. The molecule has 1 aromatic rings. The number of amides is 2. The number of halogens is 2. The number of carbonyl (C=O) groups excluding carboxylic acids is 2. The van der Waals surface area contributed by atoms with Gasteiger partial charge in [-0.15, -0.1) is 0 Å². The zero-order chi connectivity index (χ0) is 17.5. The van der Waals surface area contributed by atoms with Crippen molar-refractivity contribution >= 4 is 17.5 Å². The van der Waals surface area contributed by atoms with Crippen LogP contribution in [0.5, 0.6) is 11.5 Å². The lowest BCUT2D eigenvalue weighted by molar-refractivity contribution is -0.127. The summed E-state index contributed by atoms with van der Waals surface area (Å²) in [4.78, 5) is 23.7. The van der Waals surface area contributed by atoms with Gasteiger partial charge < -0.3 is 20.1 Å². The van der Waals surface area contributed by atoms with Crippen LogP contribution in [-0.2, 0) is 9.59 Å². The Morgan fingerprint density at radius 1 is 1.25 bits per heavy atom. The second-order valence-corrected chi connectivity index (χ2v) is 5.49. The van der Waals surface area contributed by atoms with Crippen molar-refractivity contribution in [1.82, 2.24) is 5.32 Å². The first kappa shape index (κ1) is 18.0. The second-order valence-electron chi connectivity index (χ2n) is 5.49. The Kier molecular flexibility index (Phi) is 6.34. The van der Waals surface area contributed by atoms with E-state index in [9.17, 15) is 18.4 Å². The molecule has 0 atom stereocenters. The normalized spacial score (nSPS) is 14.5. The molecule has 0 aliphatic heterocycles. The van der Waals surface area contributed by atoms with E-state index < -0.39 is 12.5 Å². The van der Waals surface area contributed by atoms with E-state index in [0.29, 0.717) is 0 Å². The van der Waals surface area contributed by atoms with Gasteiger partial charge in [0, 0.05) is 17.7 Å². The molecule has 1 aliphatic carbocycles. The zero-order valence-corrected chi connectivity index (χ0v) is 13.3. The molecule has 132 valence electrons. The van der Waals surface area contributed by atoms with Gasteiger partial charge in [-0.25, -0.2) is 0 Å². The lowest BCUT2D eigenvalue weighted by Gasteiger charge is -2.13. The molecule has 0 bridgehead atoms. The van der Waals surface area contributed by atoms with Crippen molar-refractivity contribution in [2.45, 2.75) is 32.3 Å². The minimum Gasteiger partial charge on any atom is -0.493 e. The Morgan fingerprint density at radius 2 is 1.96 bits per heavy atom. The SMILES string of the molecule is COc1ccc(NC(=O)CNC(=O)C2CCCC2)cc1OC(F)F. The first-order valence-electron chi connectivity index (χ1n) is 7.70. The Balaban J connectivity index is 1.89. The predicted molar refractivity (Wildman–Crippen MR) is 83.2 cm³/mol. The minimum absolute atomic E-state index is 0.0233. The molecule has 2 N–H and O–H groups in total. The lowest BCUT2D eigenvalue weighted by Crippen LogP contribution is -2.36. The third kappa shape index (κ3) is 5.07. The number of hydrogen-bond acceptors (Lipinski definition) is 4. The van der Waals surface area contributed by atoms with E-state index in [2.05, 4.69) is 15.4 Å². The van der Waals surface area contributed by atoms with Crippen molar-refractivity contribution in [1.29, 1.82) is 0 Å². The molecular formula is C16H20F2N2O4. The van der Waals surface area contributed by atoms with Gasteiger partial charge in [0.2, 0.25) is 11.8 Å². The topological polar surface area (TPSA) is 76.7 Å². The molecule has 0 spiro atoms. The van der Waals surface area contributed by atoms with Gasteiger partial charge in [-0.2, -0.15) is 8.78 Å². The monoisotopic (exact) mass is 342 g/mol. The van der Waals surface area contributed by atoms with Crippen molar-refractivity contribution in [3.8, 4) is 11.5 Å². The average molecular weight is 342 g/mol. The highest BCUT2D eigenvalue weighted by molar-refractivity contribution is 5.95. The van der Waals surface area contributed by atoms with Crippen LogP contribution in [-0.4, -0.2) is 32.1 Å². The fraction of sp³-hybridized carbons (Fsp3) is 0.500. The van der Waals surface area contributed by atoms with Gasteiger partial charge in [-0.05, 0) is 25.0 Å². The van der Waals surface area contributed by atoms with E-state index >= 15 is 0 Å². The predicted octanol–water partition coefficient (Wildman–Crippen LogP) is 2.54. The van der Waals surface area contributed by atoms with Gasteiger partial charge >= 0.3 is 6.61 Å². The summed E-state index contributed by atoms with van der Waals surface area (Å²) in [6.07, 6.45) is 3.76. The quantitative estimate of drug-likeness (QED) is 0.798. The molecule has 24 heavy (non-hydrogen) atoms. The highest BCUT2D eigenvalue weighted by Crippen LogP contribution is 2.31. The van der Waals surface area contributed by atoms with E-state index in [4.69, 9.17) is 4.74 Å². The highest BCUT2D eigenvalue weighted by Gasteiger charge is 2.22. The Labute approximate surface area is 138 Å². The summed E-state index contributed by atoms with van der Waals surface area (Å²) < 4.78 is 34.0. The number of anilines is 1. The molecule has 0 radical (unpaired) electrons. The number of rotatable bonds is 7. The Hall–Kier alpha value is -2.38. The van der Waals surface area contributed by atoms with Crippen LogP contribution in [0.25, 0.3) is 0 Å². The number of benzene rings is 1. The highest BCUT2D eigenvalue weighted by atomic mass is 19.3. The third-order valence-corrected chi connectivity index (χ3v) is 3.81. The van der Waals surface area contributed by atoms with Crippen LogP contribution in [0.2, 0.25) is 0 Å². The standard InChI is InChI=1S/C16H20F2N2O4/c1-23-12-7-6-11(8-13(12)24-16(17)18)20-14(21)9-19-15(22)10-4-2-3-5-10/h6-8,10,16H,2-5,9H2,1H3,(H,19,22)(H,20,21). The molecule has 8 heteroatoms. The van der Waals surface area contributed by atoms with E-state index in [1.54, 1.807) is 0 Å². The number of alkyl halides is 2. The van der Waals surface area contributed by atoms with Crippen LogP contribution in [0.1, 0.15) is 25.7 Å². The molecule has 1 aromatic carbocycles. The van der Waals surface area contributed by atoms with Crippen LogP contribution < -0.4 is 20.1 Å². The second kappa shape index (κ2) is 8.47. The van der Waals surface area contributed by atoms with Crippen molar-refractivity contribution in [3.05, 3.63) is 18.2 Å². The summed E-state index contributed by atoms with van der Waals surface area (Å²) in [7, 11) is 1.32. The smallest absolute Gasteiger partial charge is 0.387 e. The fourth-order valence-electron chi connectivity index (χ4n) is 2.65. The van der Waals surface area contributed by atoms with Gasteiger partial charge in [-0.1, -0.05) is 12.8 Å². The molecule has 0 saturated heterocycles. The van der Waals surface area contributed by atoms with E-state index in [1.165, 1.54) is 25.3 Å². The van der Waals surface area contributed by atoms with Crippen LogP contribution in [0.4, 0.5) is 14.5 Å². The summed E-state index contributed by atoms with van der Waals surface area (Å²) in [5.74, 6) is -0.651. The minimum atomic E-state index is -3.00. The van der Waals surface area contributed by atoms with Crippen molar-refractivity contribution in [2.24, 2.45) is 5.92 Å². The maximum absolute atomic E-state index is 12.4. The molecule has 2 rings (SSSR count). The van der Waals surface area contributed by atoms with Crippen LogP contribution in [0.15, 0.2) is 18.2 Å². The molecular weight excluding hydrogens is 322 g/mol. The van der Waals surface area contributed by atoms with Gasteiger partial charge in [0.15, 0.2) is 11.5 Å². The van der Waals surface area contributed by atoms with Gasteiger partial charge in [-0.3, -0.25) is 9.59 Å². The number of ether oxygens (including phenoxy) is 2. The molecule has 1 aliphatic rings. The van der Waals surface area contributed by atoms with Crippen molar-refractivity contribution < 1.29 is 27.8 Å². The van der Waals surface area contributed by atoms with Crippen molar-refractivity contribution in [3.63, 3.8) is 0 Å². The third-order valence-electron chi connectivity index (χ3n) is 3.81. The molecule has 1 saturated carbocycles. The fourth-order valence-corrected chi connectivity index (χ4v) is 2.65. The van der Waals surface area contributed by atoms with Crippen LogP contribution in [0, 0.1) is 5.92 Å². The van der Waals surface area contributed by atoms with Crippen LogP contribution in [0.3, 0.4) is 0 Å². The van der Waals surface area contributed by atoms with Gasteiger partial charge in [0.1, 0.15) is 0 Å². The maximum Gasteiger partial charge on any atom is 0.387 e. The summed E-state index contributed by atoms with van der Waals surface area (Å²) in [5, 5.41) is 5.11. The van der Waals surface area contributed by atoms with Gasteiger partial charge in [0.25, 0.3) is 0 Å². The molecule has 0 aromatic heterocycles. The Bertz CT molecular complexity index is 589. The first-order valence-corrected chi connectivity index (χ1v) is 7.70. The molecule has 6 nitrogen and oxygen atoms in total. The first-order chi connectivity index (χ1) is 11.5. The zero-order valence-electron chi connectivity index (χ0n) is 13.3. The molecule has 1 fully saturated rings. The largest absolute Gasteiger partial charge is 0.493 e. The molecule has 0 unspecified atom stereocenters. The van der Waals surface area contributed by atoms with Crippen LogP contribution >= 0.6 is 0 Å². The molecule has 0 heterocycles. The van der Waals surface area contributed by atoms with E-state index in [-0.39, 0.29) is 35.6 Å². The number of hydrogen-bond donors (Lipinski definition) is 2. The molecule has 2 amide bonds. The number of nitrogens with one attached hydrogen (secondary N) is 2. The summed E-state index contributed by atoms with van der Waals surface area (Å²) in [6, 6.07) is 4.14. The van der Waals surface area contributed by atoms with E-state index in [1.807, 2.05) is 0 Å². The summed E-state index contributed by atoms with van der Waals surface area (Å²) in [5.41, 5.74) is 0.270. The van der Waals surface area contributed by atoms with Crippen molar-refractivity contribution in [2.75, 3.05) is 19.0 Å². The lowest BCUT2D eigenvalue weighted by atomic mass is 10.1. The Morgan fingerprint density at radius 3 is 2.58 bits per heavy atom.